The third-order valence-corrected chi connectivity index (χ3v) is 1.08. The number of hydrogen-bond acceptors (Lipinski definition) is 4. The second-order valence-electron chi connectivity index (χ2n) is 2.33. The summed E-state index contributed by atoms with van der Waals surface area (Å²) in [6.45, 7) is -1.80. The van der Waals surface area contributed by atoms with Gasteiger partial charge in [0.1, 0.15) is 0 Å². The third-order valence-electron chi connectivity index (χ3n) is 1.08. The topological polar surface area (TPSA) is 115 Å². The third kappa shape index (κ3) is 9.38. The summed E-state index contributed by atoms with van der Waals surface area (Å²) >= 11 is 0. The van der Waals surface area contributed by atoms with Crippen LogP contribution in [0.15, 0.2) is 0 Å². The van der Waals surface area contributed by atoms with Crippen LogP contribution in [0, 0.1) is 0 Å². The first-order valence-electron chi connectivity index (χ1n) is 3.29. The molecular formula is C6H11NO6Pb. The SMILES string of the molecule is O=C(O)CN(CC(=O)O)CC(=O)O.[PbH2]. The molecule has 3 N–H and O–H groups in total. The maximum absolute atomic E-state index is 10.1. The van der Waals surface area contributed by atoms with Gasteiger partial charge < -0.3 is 15.3 Å². The molecule has 0 saturated carbocycles. The molecule has 0 aromatic carbocycles. The van der Waals surface area contributed by atoms with E-state index in [4.69, 9.17) is 15.3 Å². The molecule has 0 saturated heterocycles. The Labute approximate surface area is 99.5 Å². The van der Waals surface area contributed by atoms with Crippen molar-refractivity contribution in [2.24, 2.45) is 0 Å². The van der Waals surface area contributed by atoms with Gasteiger partial charge in [0, 0.05) is 0 Å². The van der Waals surface area contributed by atoms with Crippen LogP contribution >= 0.6 is 0 Å². The van der Waals surface area contributed by atoms with Gasteiger partial charge in [0.25, 0.3) is 0 Å². The Bertz CT molecular complexity index is 192. The van der Waals surface area contributed by atoms with Crippen LogP contribution in [0.3, 0.4) is 0 Å². The van der Waals surface area contributed by atoms with E-state index in [1.165, 1.54) is 0 Å². The van der Waals surface area contributed by atoms with Crippen LogP contribution in [-0.4, -0.2) is 85.1 Å². The van der Waals surface area contributed by atoms with E-state index < -0.39 is 37.5 Å². The first kappa shape index (κ1) is 15.8. The van der Waals surface area contributed by atoms with Crippen molar-refractivity contribution >= 4 is 45.2 Å². The van der Waals surface area contributed by atoms with E-state index in [0.717, 1.165) is 4.90 Å². The van der Waals surface area contributed by atoms with Crippen molar-refractivity contribution in [3.63, 3.8) is 0 Å². The maximum atomic E-state index is 10.1. The monoisotopic (exact) mass is 401 g/mol. The van der Waals surface area contributed by atoms with Crippen molar-refractivity contribution in [1.82, 2.24) is 4.90 Å². The molecule has 0 rings (SSSR count). The van der Waals surface area contributed by atoms with Crippen molar-refractivity contribution < 1.29 is 29.7 Å². The normalized spacial score (nSPS) is 9.21. The molecule has 0 aromatic heterocycles. The zero-order valence-corrected chi connectivity index (χ0v) is 12.8. The fourth-order valence-electron chi connectivity index (χ4n) is 0.742. The number of carbonyl (C=O) groups is 3. The fourth-order valence-corrected chi connectivity index (χ4v) is 0.742. The van der Waals surface area contributed by atoms with Gasteiger partial charge in [0.15, 0.2) is 0 Å². The molecule has 0 aromatic rings. The summed E-state index contributed by atoms with van der Waals surface area (Å²) in [5.74, 6) is -3.78. The van der Waals surface area contributed by atoms with Crippen LogP contribution in [0.4, 0.5) is 0 Å². The van der Waals surface area contributed by atoms with Crippen LogP contribution in [0.25, 0.3) is 0 Å². The van der Waals surface area contributed by atoms with Crippen molar-refractivity contribution in [2.45, 2.75) is 0 Å². The molecule has 7 nitrogen and oxygen atoms in total. The second kappa shape index (κ2) is 7.67. The Kier molecular flexibility index (Phi) is 8.63. The average molecular weight is 400 g/mol. The number of carboxylic acids is 3. The Morgan fingerprint density at radius 2 is 1.00 bits per heavy atom. The number of aliphatic carboxylic acids is 3. The second-order valence-corrected chi connectivity index (χ2v) is 2.33. The summed E-state index contributed by atoms with van der Waals surface area (Å²) in [5, 5.41) is 24.8. The Morgan fingerprint density at radius 1 is 0.786 bits per heavy atom. The van der Waals surface area contributed by atoms with Gasteiger partial charge in [-0.05, 0) is 0 Å². The van der Waals surface area contributed by atoms with Crippen LogP contribution < -0.4 is 0 Å². The first-order valence-corrected chi connectivity index (χ1v) is 3.29. The average Bonchev–Trinajstić information content (AvgIpc) is 1.80. The molecule has 0 atom stereocenters. The summed E-state index contributed by atoms with van der Waals surface area (Å²) in [7, 11) is 0. The molecule has 0 unspecified atom stereocenters. The van der Waals surface area contributed by atoms with Crippen molar-refractivity contribution in [3.8, 4) is 0 Å². The quantitative estimate of drug-likeness (QED) is 0.427. The van der Waals surface area contributed by atoms with Gasteiger partial charge in [-0.15, -0.1) is 0 Å². The van der Waals surface area contributed by atoms with Crippen LogP contribution in [-0.2, 0) is 14.4 Å². The van der Waals surface area contributed by atoms with Crippen molar-refractivity contribution in [3.05, 3.63) is 0 Å². The summed E-state index contributed by atoms with van der Waals surface area (Å²) < 4.78 is 0. The van der Waals surface area contributed by atoms with Gasteiger partial charge in [-0.25, -0.2) is 0 Å². The number of rotatable bonds is 6. The zero-order chi connectivity index (χ0) is 10.4. The van der Waals surface area contributed by atoms with Crippen LogP contribution in [0.2, 0.25) is 0 Å². The molecule has 80 valence electrons. The van der Waals surface area contributed by atoms with Crippen molar-refractivity contribution in [1.29, 1.82) is 0 Å². The molecule has 0 heterocycles. The Balaban J connectivity index is 0. The minimum absolute atomic E-state index is 0. The van der Waals surface area contributed by atoms with Gasteiger partial charge >= 0.3 is 45.2 Å². The molecule has 8 heteroatoms. The zero-order valence-electron chi connectivity index (χ0n) is 7.34. The van der Waals surface area contributed by atoms with E-state index in [2.05, 4.69) is 0 Å². The molecule has 0 aliphatic carbocycles. The molecule has 0 bridgehead atoms. The molecule has 14 heavy (non-hydrogen) atoms. The number of hydrogen-bond donors (Lipinski definition) is 3. The van der Waals surface area contributed by atoms with E-state index in [1.807, 2.05) is 0 Å². The van der Waals surface area contributed by atoms with E-state index in [0.29, 0.717) is 0 Å². The predicted octanol–water partition coefficient (Wildman–Crippen LogP) is -2.37. The first-order chi connectivity index (χ1) is 5.91. The van der Waals surface area contributed by atoms with Crippen molar-refractivity contribution in [2.75, 3.05) is 19.6 Å². The van der Waals surface area contributed by atoms with Crippen LogP contribution in [0.5, 0.6) is 0 Å². The summed E-state index contributed by atoms with van der Waals surface area (Å²) in [4.78, 5) is 31.2. The van der Waals surface area contributed by atoms with Gasteiger partial charge in [0.2, 0.25) is 0 Å². The van der Waals surface area contributed by atoms with Gasteiger partial charge in [0.05, 0.1) is 19.6 Å². The summed E-state index contributed by atoms with van der Waals surface area (Å²) in [5.41, 5.74) is 0. The van der Waals surface area contributed by atoms with E-state index in [1.54, 1.807) is 0 Å². The molecule has 0 aliphatic rings. The predicted molar refractivity (Wildman–Crippen MR) is 47.9 cm³/mol. The van der Waals surface area contributed by atoms with Gasteiger partial charge in [-0.1, -0.05) is 0 Å². The molecule has 2 radical (unpaired) electrons. The molecule has 0 fully saturated rings. The standard InChI is InChI=1S/C6H9NO6.Pb.2H/c8-4(9)1-7(2-5(10)11)3-6(12)13;;;/h1-3H2,(H,8,9)(H,10,11)(H,12,13);;;. The van der Waals surface area contributed by atoms with Crippen LogP contribution in [0.1, 0.15) is 0 Å². The van der Waals surface area contributed by atoms with E-state index in [-0.39, 0.29) is 27.3 Å². The van der Waals surface area contributed by atoms with Gasteiger partial charge in [-0.2, -0.15) is 0 Å². The minimum atomic E-state index is -1.26. The summed E-state index contributed by atoms with van der Waals surface area (Å²) in [6.07, 6.45) is 0. The molecule has 0 spiro atoms. The number of carboxylic acid groups (broad SMARTS) is 3. The molecule has 0 aliphatic heterocycles. The number of nitrogens with zero attached hydrogens (tertiary/aromatic N) is 1. The van der Waals surface area contributed by atoms with Gasteiger partial charge in [-0.3, -0.25) is 19.3 Å². The Hall–Kier alpha value is -0.708. The molecular weight excluding hydrogens is 389 g/mol. The van der Waals surface area contributed by atoms with E-state index in [9.17, 15) is 14.4 Å². The summed E-state index contributed by atoms with van der Waals surface area (Å²) in [6, 6.07) is 0. The molecule has 0 amide bonds. The van der Waals surface area contributed by atoms with E-state index >= 15 is 0 Å². The fraction of sp³-hybridized carbons (Fsp3) is 0.500. The Morgan fingerprint density at radius 3 is 1.14 bits per heavy atom.